The lowest BCUT2D eigenvalue weighted by Gasteiger charge is -1.99. The molecule has 1 amide bonds. The highest BCUT2D eigenvalue weighted by molar-refractivity contribution is 7.11. The van der Waals surface area contributed by atoms with Crippen molar-refractivity contribution in [2.75, 3.05) is 6.61 Å². The SMILES string of the molecule is CCOC(=O)c1sc(=NC(=O)C=Cc2cccs2)n(C)c1C. The zero-order chi connectivity index (χ0) is 16.1. The molecule has 2 heterocycles. The van der Waals surface area contributed by atoms with Crippen molar-refractivity contribution < 1.29 is 14.3 Å². The fourth-order valence-electron chi connectivity index (χ4n) is 1.68. The topological polar surface area (TPSA) is 60.7 Å². The first-order valence-corrected chi connectivity index (χ1v) is 8.36. The first-order valence-electron chi connectivity index (χ1n) is 6.66. The molecule has 0 aromatic carbocycles. The number of aromatic nitrogens is 1. The number of rotatable bonds is 4. The quantitative estimate of drug-likeness (QED) is 0.637. The van der Waals surface area contributed by atoms with Gasteiger partial charge in [-0.2, -0.15) is 4.99 Å². The van der Waals surface area contributed by atoms with E-state index in [1.54, 1.807) is 42.9 Å². The van der Waals surface area contributed by atoms with Crippen molar-refractivity contribution in [3.63, 3.8) is 0 Å². The third-order valence-corrected chi connectivity index (χ3v) is 4.96. The first kappa shape index (κ1) is 16.4. The molecule has 0 atom stereocenters. The zero-order valence-corrected chi connectivity index (χ0v) is 14.2. The van der Waals surface area contributed by atoms with Crippen LogP contribution in [0.1, 0.15) is 27.2 Å². The fraction of sp³-hybridized carbons (Fsp3) is 0.267. The second kappa shape index (κ2) is 7.33. The Labute approximate surface area is 136 Å². The van der Waals surface area contributed by atoms with E-state index in [1.165, 1.54) is 6.08 Å². The van der Waals surface area contributed by atoms with Crippen molar-refractivity contribution in [2.24, 2.45) is 12.0 Å². The van der Waals surface area contributed by atoms with Crippen LogP contribution in [0.4, 0.5) is 0 Å². The van der Waals surface area contributed by atoms with Crippen LogP contribution in [0.25, 0.3) is 6.08 Å². The number of hydrogen-bond donors (Lipinski definition) is 0. The Hall–Kier alpha value is -1.99. The predicted molar refractivity (Wildman–Crippen MR) is 87.9 cm³/mol. The molecule has 0 radical (unpaired) electrons. The van der Waals surface area contributed by atoms with Crippen LogP contribution in [-0.4, -0.2) is 23.1 Å². The van der Waals surface area contributed by atoms with Gasteiger partial charge in [-0.15, -0.1) is 11.3 Å². The van der Waals surface area contributed by atoms with Crippen molar-refractivity contribution in [1.29, 1.82) is 0 Å². The van der Waals surface area contributed by atoms with Gasteiger partial charge < -0.3 is 9.30 Å². The molecule has 2 rings (SSSR count). The monoisotopic (exact) mass is 336 g/mol. The van der Waals surface area contributed by atoms with E-state index < -0.39 is 0 Å². The molecule has 2 aromatic rings. The molecule has 7 heteroatoms. The fourth-order valence-corrected chi connectivity index (χ4v) is 3.32. The Morgan fingerprint density at radius 1 is 1.45 bits per heavy atom. The van der Waals surface area contributed by atoms with Gasteiger partial charge in [0.15, 0.2) is 4.80 Å². The molecular weight excluding hydrogens is 320 g/mol. The van der Waals surface area contributed by atoms with Crippen molar-refractivity contribution in [3.05, 3.63) is 43.8 Å². The second-order valence-electron chi connectivity index (χ2n) is 4.38. The van der Waals surface area contributed by atoms with Crippen LogP contribution in [0, 0.1) is 6.92 Å². The van der Waals surface area contributed by atoms with Crippen LogP contribution >= 0.6 is 22.7 Å². The van der Waals surface area contributed by atoms with Gasteiger partial charge in [-0.25, -0.2) is 4.79 Å². The third kappa shape index (κ3) is 3.80. The smallest absolute Gasteiger partial charge is 0.350 e. The van der Waals surface area contributed by atoms with Gasteiger partial charge in [-0.1, -0.05) is 17.4 Å². The van der Waals surface area contributed by atoms with E-state index >= 15 is 0 Å². The van der Waals surface area contributed by atoms with Gasteiger partial charge in [0.2, 0.25) is 0 Å². The van der Waals surface area contributed by atoms with Crippen LogP contribution in [0.15, 0.2) is 28.6 Å². The lowest BCUT2D eigenvalue weighted by Crippen LogP contribution is -2.13. The van der Waals surface area contributed by atoms with Crippen molar-refractivity contribution in [2.45, 2.75) is 13.8 Å². The van der Waals surface area contributed by atoms with E-state index in [4.69, 9.17) is 4.74 Å². The zero-order valence-electron chi connectivity index (χ0n) is 12.5. The standard InChI is InChI=1S/C15H16N2O3S2/c1-4-20-14(19)13-10(2)17(3)15(22-13)16-12(18)8-7-11-6-5-9-21-11/h5-9H,4H2,1-3H3. The average Bonchev–Trinajstić information content (AvgIpc) is 3.09. The minimum absolute atomic E-state index is 0.314. The summed E-state index contributed by atoms with van der Waals surface area (Å²) in [5, 5.41) is 1.94. The minimum atomic E-state index is -0.386. The number of esters is 1. The molecule has 2 aromatic heterocycles. The second-order valence-corrected chi connectivity index (χ2v) is 6.33. The highest BCUT2D eigenvalue weighted by Gasteiger charge is 2.16. The van der Waals surface area contributed by atoms with Crippen LogP contribution in [0.3, 0.4) is 0 Å². The summed E-state index contributed by atoms with van der Waals surface area (Å²) in [5.41, 5.74) is 0.734. The molecule has 0 aliphatic rings. The van der Waals surface area contributed by atoms with Gasteiger partial charge in [0, 0.05) is 23.7 Å². The molecule has 0 aliphatic heterocycles. The molecule has 0 aliphatic carbocycles. The molecule has 0 fully saturated rings. The summed E-state index contributed by atoms with van der Waals surface area (Å²) in [6.45, 7) is 3.87. The number of ether oxygens (including phenoxy) is 1. The molecule has 0 unspecified atom stereocenters. The summed E-state index contributed by atoms with van der Waals surface area (Å²) in [7, 11) is 1.77. The van der Waals surface area contributed by atoms with E-state index in [0.717, 1.165) is 21.9 Å². The van der Waals surface area contributed by atoms with Crippen molar-refractivity contribution in [3.8, 4) is 0 Å². The molecule has 22 heavy (non-hydrogen) atoms. The largest absolute Gasteiger partial charge is 0.462 e. The summed E-state index contributed by atoms with van der Waals surface area (Å²) >= 11 is 2.70. The lowest BCUT2D eigenvalue weighted by molar-refractivity contribution is -0.113. The van der Waals surface area contributed by atoms with Crippen LogP contribution in [-0.2, 0) is 16.6 Å². The average molecular weight is 336 g/mol. The minimum Gasteiger partial charge on any atom is -0.462 e. The van der Waals surface area contributed by atoms with Crippen molar-refractivity contribution in [1.82, 2.24) is 4.57 Å². The maximum atomic E-state index is 11.9. The van der Waals surface area contributed by atoms with Gasteiger partial charge in [-0.3, -0.25) is 4.79 Å². The van der Waals surface area contributed by atoms with Gasteiger partial charge in [-0.05, 0) is 31.4 Å². The third-order valence-electron chi connectivity index (χ3n) is 2.91. The normalized spacial score (nSPS) is 12.0. The molecule has 0 spiro atoms. The summed E-state index contributed by atoms with van der Waals surface area (Å²) in [5.74, 6) is -0.746. The highest BCUT2D eigenvalue weighted by Crippen LogP contribution is 2.13. The number of thiazole rings is 1. The Balaban J connectivity index is 2.26. The number of hydrogen-bond acceptors (Lipinski definition) is 5. The van der Waals surface area contributed by atoms with Crippen LogP contribution < -0.4 is 4.80 Å². The van der Waals surface area contributed by atoms with Crippen LogP contribution in [0.2, 0.25) is 0 Å². The van der Waals surface area contributed by atoms with E-state index in [1.807, 2.05) is 17.5 Å². The molecule has 0 bridgehead atoms. The Kier molecular flexibility index (Phi) is 5.46. The number of thiophene rings is 1. The Morgan fingerprint density at radius 2 is 2.23 bits per heavy atom. The number of carbonyl (C=O) groups is 2. The summed E-state index contributed by atoms with van der Waals surface area (Å²) in [6, 6.07) is 3.84. The van der Waals surface area contributed by atoms with Crippen LogP contribution in [0.5, 0.6) is 0 Å². The van der Waals surface area contributed by atoms with E-state index in [0.29, 0.717) is 16.3 Å². The summed E-state index contributed by atoms with van der Waals surface area (Å²) in [6.07, 6.45) is 3.15. The lowest BCUT2D eigenvalue weighted by atomic mass is 10.4. The number of carbonyl (C=O) groups excluding carboxylic acids is 2. The predicted octanol–water partition coefficient (Wildman–Crippen LogP) is 2.77. The maximum Gasteiger partial charge on any atom is 0.350 e. The number of nitrogens with zero attached hydrogens (tertiary/aromatic N) is 2. The Bertz CT molecular complexity index is 767. The summed E-state index contributed by atoms with van der Waals surface area (Å²) < 4.78 is 6.71. The van der Waals surface area contributed by atoms with E-state index in [2.05, 4.69) is 4.99 Å². The molecule has 5 nitrogen and oxygen atoms in total. The van der Waals surface area contributed by atoms with Gasteiger partial charge in [0.25, 0.3) is 5.91 Å². The molecule has 0 saturated carbocycles. The summed E-state index contributed by atoms with van der Waals surface area (Å²) in [4.78, 5) is 29.7. The van der Waals surface area contributed by atoms with Gasteiger partial charge in [0.05, 0.1) is 6.61 Å². The highest BCUT2D eigenvalue weighted by atomic mass is 32.1. The molecule has 0 saturated heterocycles. The van der Waals surface area contributed by atoms with Gasteiger partial charge >= 0.3 is 5.97 Å². The number of amides is 1. The van der Waals surface area contributed by atoms with Crippen molar-refractivity contribution >= 4 is 40.6 Å². The first-order chi connectivity index (χ1) is 10.5. The van der Waals surface area contributed by atoms with Gasteiger partial charge in [0.1, 0.15) is 4.88 Å². The molecule has 116 valence electrons. The Morgan fingerprint density at radius 3 is 2.86 bits per heavy atom. The molecular formula is C15H16N2O3S2. The maximum absolute atomic E-state index is 11.9. The van der Waals surface area contributed by atoms with E-state index in [-0.39, 0.29) is 11.9 Å². The van der Waals surface area contributed by atoms with E-state index in [9.17, 15) is 9.59 Å². The molecule has 0 N–H and O–H groups in total.